The summed E-state index contributed by atoms with van der Waals surface area (Å²) in [4.78, 5) is 7.20. The zero-order valence-corrected chi connectivity index (χ0v) is 18.4. The van der Waals surface area contributed by atoms with E-state index in [0.29, 0.717) is 0 Å². The Kier molecular flexibility index (Phi) is 13.7. The molecule has 150 valence electrons. The van der Waals surface area contributed by atoms with Crippen molar-refractivity contribution >= 4 is 29.9 Å². The van der Waals surface area contributed by atoms with Crippen LogP contribution in [0, 0.1) is 0 Å². The normalized spacial score (nSPS) is 15.5. The molecule has 0 aromatic carbocycles. The molecule has 0 amide bonds. The van der Waals surface area contributed by atoms with Crippen molar-refractivity contribution in [2.75, 3.05) is 52.5 Å². The van der Waals surface area contributed by atoms with Crippen LogP contribution in [0.5, 0.6) is 0 Å². The van der Waals surface area contributed by atoms with Crippen LogP contribution < -0.4 is 10.6 Å². The SMILES string of the molecule is CCOCCCN=C(NCCc1ccco1)NCCN1CCCCC1.I. The first-order chi connectivity index (χ1) is 12.4. The lowest BCUT2D eigenvalue weighted by Crippen LogP contribution is -2.43. The fourth-order valence-electron chi connectivity index (χ4n) is 2.95. The summed E-state index contributed by atoms with van der Waals surface area (Å²) in [6.45, 7) is 9.62. The Morgan fingerprint density at radius 1 is 1.23 bits per heavy atom. The molecule has 0 aliphatic carbocycles. The Bertz CT molecular complexity index is 462. The van der Waals surface area contributed by atoms with Gasteiger partial charge < -0.3 is 24.7 Å². The molecule has 0 unspecified atom stereocenters. The van der Waals surface area contributed by atoms with Crippen molar-refractivity contribution < 1.29 is 9.15 Å². The third-order valence-corrected chi connectivity index (χ3v) is 4.33. The van der Waals surface area contributed by atoms with Gasteiger partial charge >= 0.3 is 0 Å². The average molecular weight is 478 g/mol. The zero-order valence-electron chi connectivity index (χ0n) is 16.0. The summed E-state index contributed by atoms with van der Waals surface area (Å²) in [6, 6.07) is 3.93. The molecular formula is C19H35IN4O2. The summed E-state index contributed by atoms with van der Waals surface area (Å²) in [6.07, 6.45) is 7.57. The summed E-state index contributed by atoms with van der Waals surface area (Å²) in [5.41, 5.74) is 0. The maximum atomic E-state index is 5.38. The predicted molar refractivity (Wildman–Crippen MR) is 118 cm³/mol. The standard InChI is InChI=1S/C19H34N4O2.HI/c1-2-24-16-7-10-20-19(21-11-9-18-8-6-17-25-18)22-12-15-23-13-4-3-5-14-23;/h6,8,17H,2-5,7,9-16H2,1H3,(H2,20,21,22);1H. The summed E-state index contributed by atoms with van der Waals surface area (Å²) >= 11 is 0. The maximum absolute atomic E-state index is 5.38. The van der Waals surface area contributed by atoms with Crippen LogP contribution >= 0.6 is 24.0 Å². The van der Waals surface area contributed by atoms with Crippen molar-refractivity contribution in [3.8, 4) is 0 Å². The van der Waals surface area contributed by atoms with Crippen molar-refractivity contribution in [1.82, 2.24) is 15.5 Å². The molecule has 0 bridgehead atoms. The topological polar surface area (TPSA) is 62.0 Å². The molecule has 0 saturated carbocycles. The largest absolute Gasteiger partial charge is 0.469 e. The molecular weight excluding hydrogens is 443 g/mol. The van der Waals surface area contributed by atoms with Crippen LogP contribution in [-0.4, -0.2) is 63.3 Å². The van der Waals surface area contributed by atoms with Gasteiger partial charge in [0.25, 0.3) is 0 Å². The molecule has 26 heavy (non-hydrogen) atoms. The molecule has 0 spiro atoms. The second kappa shape index (κ2) is 15.3. The van der Waals surface area contributed by atoms with E-state index in [1.165, 1.54) is 32.4 Å². The maximum Gasteiger partial charge on any atom is 0.191 e. The van der Waals surface area contributed by atoms with Crippen molar-refractivity contribution in [3.05, 3.63) is 24.2 Å². The van der Waals surface area contributed by atoms with Gasteiger partial charge in [0.1, 0.15) is 5.76 Å². The third-order valence-electron chi connectivity index (χ3n) is 4.33. The Morgan fingerprint density at radius 2 is 2.04 bits per heavy atom. The highest BCUT2D eigenvalue weighted by atomic mass is 127. The average Bonchev–Trinajstić information content (AvgIpc) is 3.15. The van der Waals surface area contributed by atoms with Crippen LogP contribution in [0.4, 0.5) is 0 Å². The number of hydrogen-bond donors (Lipinski definition) is 2. The summed E-state index contributed by atoms with van der Waals surface area (Å²) < 4.78 is 10.8. The van der Waals surface area contributed by atoms with Gasteiger partial charge in [-0.05, 0) is 51.4 Å². The number of nitrogens with zero attached hydrogens (tertiary/aromatic N) is 2. The molecule has 6 nitrogen and oxygen atoms in total. The minimum Gasteiger partial charge on any atom is -0.469 e. The van der Waals surface area contributed by atoms with E-state index in [0.717, 1.165) is 64.0 Å². The van der Waals surface area contributed by atoms with E-state index < -0.39 is 0 Å². The summed E-state index contributed by atoms with van der Waals surface area (Å²) in [7, 11) is 0. The van der Waals surface area contributed by atoms with E-state index in [2.05, 4.69) is 20.5 Å². The molecule has 1 aliphatic heterocycles. The molecule has 7 heteroatoms. The highest BCUT2D eigenvalue weighted by Gasteiger charge is 2.09. The first kappa shape index (κ1) is 23.2. The molecule has 0 radical (unpaired) electrons. The minimum absolute atomic E-state index is 0. The lowest BCUT2D eigenvalue weighted by molar-refractivity contribution is 0.146. The van der Waals surface area contributed by atoms with Gasteiger partial charge in [-0.2, -0.15) is 0 Å². The minimum atomic E-state index is 0. The molecule has 1 aromatic rings. The van der Waals surface area contributed by atoms with E-state index in [4.69, 9.17) is 9.15 Å². The zero-order chi connectivity index (χ0) is 17.6. The van der Waals surface area contributed by atoms with Crippen LogP contribution in [0.25, 0.3) is 0 Å². The molecule has 1 fully saturated rings. The Morgan fingerprint density at radius 3 is 2.77 bits per heavy atom. The van der Waals surface area contributed by atoms with Crippen molar-refractivity contribution in [2.45, 2.75) is 39.0 Å². The molecule has 0 atom stereocenters. The number of ether oxygens (including phenoxy) is 1. The smallest absolute Gasteiger partial charge is 0.191 e. The number of likely N-dealkylation sites (tertiary alicyclic amines) is 1. The molecule has 1 saturated heterocycles. The van der Waals surface area contributed by atoms with Crippen LogP contribution in [0.3, 0.4) is 0 Å². The molecule has 1 aromatic heterocycles. The number of rotatable bonds is 11. The number of piperidine rings is 1. The quantitative estimate of drug-likeness (QED) is 0.222. The molecule has 2 heterocycles. The van der Waals surface area contributed by atoms with Crippen molar-refractivity contribution in [1.29, 1.82) is 0 Å². The second-order valence-corrected chi connectivity index (χ2v) is 6.37. The molecule has 2 N–H and O–H groups in total. The van der Waals surface area contributed by atoms with Crippen LogP contribution in [0.1, 0.15) is 38.4 Å². The van der Waals surface area contributed by atoms with E-state index in [1.54, 1.807) is 6.26 Å². The number of nitrogens with one attached hydrogen (secondary N) is 2. The van der Waals surface area contributed by atoms with Gasteiger partial charge in [-0.25, -0.2) is 0 Å². The highest BCUT2D eigenvalue weighted by molar-refractivity contribution is 14.0. The summed E-state index contributed by atoms with van der Waals surface area (Å²) in [5.74, 6) is 1.89. The number of guanidine groups is 1. The van der Waals surface area contributed by atoms with E-state index in [-0.39, 0.29) is 24.0 Å². The number of furan rings is 1. The number of halogens is 1. The van der Waals surface area contributed by atoms with Gasteiger partial charge in [-0.15, -0.1) is 24.0 Å². The van der Waals surface area contributed by atoms with Gasteiger partial charge in [-0.3, -0.25) is 4.99 Å². The van der Waals surface area contributed by atoms with E-state index in [9.17, 15) is 0 Å². The van der Waals surface area contributed by atoms with Crippen LogP contribution in [0.15, 0.2) is 27.8 Å². The lowest BCUT2D eigenvalue weighted by Gasteiger charge is -2.26. The Balaban J connectivity index is 0.00000338. The first-order valence-corrected chi connectivity index (χ1v) is 9.73. The number of hydrogen-bond acceptors (Lipinski definition) is 4. The van der Waals surface area contributed by atoms with Gasteiger partial charge in [0.2, 0.25) is 0 Å². The van der Waals surface area contributed by atoms with Gasteiger partial charge in [0, 0.05) is 45.8 Å². The Hall–Kier alpha value is -0.800. The van der Waals surface area contributed by atoms with E-state index >= 15 is 0 Å². The van der Waals surface area contributed by atoms with Gasteiger partial charge in [-0.1, -0.05) is 6.42 Å². The van der Waals surface area contributed by atoms with Crippen LogP contribution in [0.2, 0.25) is 0 Å². The first-order valence-electron chi connectivity index (χ1n) is 9.73. The molecule has 2 rings (SSSR count). The van der Waals surface area contributed by atoms with Gasteiger partial charge in [0.05, 0.1) is 6.26 Å². The lowest BCUT2D eigenvalue weighted by atomic mass is 10.1. The fourth-order valence-corrected chi connectivity index (χ4v) is 2.95. The summed E-state index contributed by atoms with van der Waals surface area (Å²) in [5, 5.41) is 6.87. The number of aliphatic imine (C=N–C) groups is 1. The third kappa shape index (κ3) is 10.4. The second-order valence-electron chi connectivity index (χ2n) is 6.37. The van der Waals surface area contributed by atoms with Crippen LogP contribution in [-0.2, 0) is 11.2 Å². The van der Waals surface area contributed by atoms with Gasteiger partial charge in [0.15, 0.2) is 5.96 Å². The van der Waals surface area contributed by atoms with Crippen molar-refractivity contribution in [3.63, 3.8) is 0 Å². The monoisotopic (exact) mass is 478 g/mol. The highest BCUT2D eigenvalue weighted by Crippen LogP contribution is 2.07. The van der Waals surface area contributed by atoms with E-state index in [1.807, 2.05) is 19.1 Å². The fraction of sp³-hybridized carbons (Fsp3) is 0.737. The predicted octanol–water partition coefficient (Wildman–Crippen LogP) is 2.89. The van der Waals surface area contributed by atoms with Crippen molar-refractivity contribution in [2.24, 2.45) is 4.99 Å². The molecule has 1 aliphatic rings. The Labute approximate surface area is 175 Å².